The van der Waals surface area contributed by atoms with Crippen LogP contribution in [0.1, 0.15) is 77.6 Å². The van der Waals surface area contributed by atoms with Gasteiger partial charge < -0.3 is 25.4 Å². The molecule has 32 heavy (non-hydrogen) atoms. The van der Waals surface area contributed by atoms with Crippen LogP contribution in [0.5, 0.6) is 5.75 Å². The Morgan fingerprint density at radius 2 is 1.62 bits per heavy atom. The first-order valence-corrected chi connectivity index (χ1v) is 12.1. The number of ether oxygens (including phenoxy) is 3. The first kappa shape index (κ1) is 25.8. The molecule has 0 aromatic heterocycles. The van der Waals surface area contributed by atoms with E-state index in [4.69, 9.17) is 25.8 Å². The van der Waals surface area contributed by atoms with Crippen LogP contribution in [0.2, 0.25) is 0 Å². The molecule has 2 fully saturated rings. The zero-order valence-corrected chi connectivity index (χ0v) is 19.5. The minimum atomic E-state index is -0.594. The summed E-state index contributed by atoms with van der Waals surface area (Å²) in [5, 5.41) is 0. The number of hydrazine groups is 1. The summed E-state index contributed by atoms with van der Waals surface area (Å²) in [7, 11) is 0. The molecule has 2 saturated carbocycles. The van der Waals surface area contributed by atoms with Crippen LogP contribution in [0.25, 0.3) is 0 Å². The molecule has 0 radical (unpaired) electrons. The summed E-state index contributed by atoms with van der Waals surface area (Å²) in [4.78, 5) is 11.5. The molecule has 1 aromatic rings. The van der Waals surface area contributed by atoms with E-state index in [0.717, 1.165) is 44.0 Å². The normalized spacial score (nSPS) is 17.9. The molecule has 0 heterocycles. The molecular formula is C25H41N3O4. The Hall–Kier alpha value is -2.41. The van der Waals surface area contributed by atoms with Gasteiger partial charge in [0.25, 0.3) is 0 Å². The number of benzene rings is 1. The quantitative estimate of drug-likeness (QED) is 0.168. The minimum absolute atomic E-state index is 0.0119. The molecule has 3 rings (SSSR count). The van der Waals surface area contributed by atoms with Crippen LogP contribution < -0.4 is 21.7 Å². The Bertz CT molecular complexity index is 669. The van der Waals surface area contributed by atoms with Gasteiger partial charge >= 0.3 is 5.97 Å². The molecule has 180 valence electrons. The second kappa shape index (κ2) is 15.4. The highest BCUT2D eigenvalue weighted by Crippen LogP contribution is 2.26. The summed E-state index contributed by atoms with van der Waals surface area (Å²) in [5.41, 5.74) is 7.92. The van der Waals surface area contributed by atoms with E-state index < -0.39 is 5.97 Å². The first-order valence-electron chi connectivity index (χ1n) is 12.1. The van der Waals surface area contributed by atoms with Gasteiger partial charge in [0.05, 0.1) is 13.2 Å². The predicted octanol–water partition coefficient (Wildman–Crippen LogP) is 4.53. The molecule has 2 aliphatic rings. The summed E-state index contributed by atoms with van der Waals surface area (Å²) in [6.07, 6.45) is 13.8. The van der Waals surface area contributed by atoms with Crippen molar-refractivity contribution in [3.63, 3.8) is 0 Å². The maximum absolute atomic E-state index is 11.5. The topological polar surface area (TPSA) is 109 Å². The summed E-state index contributed by atoms with van der Waals surface area (Å²) in [5.74, 6) is 6.59. The van der Waals surface area contributed by atoms with Gasteiger partial charge in [-0.1, -0.05) is 56.7 Å². The van der Waals surface area contributed by atoms with E-state index in [9.17, 15) is 4.79 Å². The van der Waals surface area contributed by atoms with E-state index in [1.165, 1.54) is 44.9 Å². The highest BCUT2D eigenvalue weighted by molar-refractivity contribution is 5.88. The van der Waals surface area contributed by atoms with Crippen molar-refractivity contribution in [3.05, 3.63) is 41.9 Å². The van der Waals surface area contributed by atoms with Crippen molar-refractivity contribution in [1.29, 1.82) is 0 Å². The molecule has 0 bridgehead atoms. The van der Waals surface area contributed by atoms with Crippen molar-refractivity contribution in [1.82, 2.24) is 5.43 Å². The molecule has 0 unspecified atom stereocenters. The molecule has 0 aliphatic heterocycles. The highest BCUT2D eigenvalue weighted by atomic mass is 16.5. The van der Waals surface area contributed by atoms with Gasteiger partial charge in [-0.25, -0.2) is 4.79 Å². The van der Waals surface area contributed by atoms with Crippen LogP contribution in [0.3, 0.4) is 0 Å². The maximum atomic E-state index is 11.5. The van der Waals surface area contributed by atoms with Crippen molar-refractivity contribution in [2.24, 2.45) is 17.5 Å². The number of rotatable bonds is 9. The fourth-order valence-electron chi connectivity index (χ4n) is 4.19. The molecule has 0 spiro atoms. The van der Waals surface area contributed by atoms with Crippen LogP contribution >= 0.6 is 0 Å². The Labute approximate surface area is 192 Å². The van der Waals surface area contributed by atoms with Gasteiger partial charge in [0, 0.05) is 0 Å². The summed E-state index contributed by atoms with van der Waals surface area (Å²) in [6, 6.07) is 10.1. The van der Waals surface area contributed by atoms with Crippen LogP contribution in [0.4, 0.5) is 0 Å². The zero-order chi connectivity index (χ0) is 23.0. The summed E-state index contributed by atoms with van der Waals surface area (Å²) >= 11 is 0. The lowest BCUT2D eigenvalue weighted by Crippen LogP contribution is -2.33. The number of para-hydroxylation sites is 1. The fraction of sp³-hybridized carbons (Fsp3) is 0.640. The van der Waals surface area contributed by atoms with Crippen molar-refractivity contribution in [2.45, 2.75) is 83.7 Å². The van der Waals surface area contributed by atoms with Crippen molar-refractivity contribution in [3.8, 4) is 5.75 Å². The van der Waals surface area contributed by atoms with Crippen LogP contribution in [-0.2, 0) is 14.3 Å². The average molecular weight is 448 g/mol. The predicted molar refractivity (Wildman–Crippen MR) is 126 cm³/mol. The number of nitrogens with one attached hydrogen (secondary N) is 1. The molecule has 7 heteroatoms. The molecule has 0 atom stereocenters. The number of esters is 1. The lowest BCUT2D eigenvalue weighted by molar-refractivity contribution is -0.139. The van der Waals surface area contributed by atoms with Crippen molar-refractivity contribution < 1.29 is 19.0 Å². The lowest BCUT2D eigenvalue weighted by Gasteiger charge is -2.23. The standard InChI is InChI=1S/C14H20O.C11H21N3O3/c1-3-7-13(8-4-1)11-12-15-14-9-5-2-6-10-14;1-2-16-11(15)9(14-13)10(12)17-8-6-4-3-5-7-8/h2,5-6,9-10,13H,1,3-4,7-8,11-12H2;8,14H,2-7,12-13H2,1H3/b;10-9+. The number of nitrogens with two attached hydrogens (primary N) is 2. The Kier molecular flexibility index (Phi) is 12.4. The second-order valence-corrected chi connectivity index (χ2v) is 8.44. The van der Waals surface area contributed by atoms with Crippen LogP contribution in [0.15, 0.2) is 41.9 Å². The largest absolute Gasteiger partial charge is 0.494 e. The summed E-state index contributed by atoms with van der Waals surface area (Å²) in [6.45, 7) is 2.86. The Morgan fingerprint density at radius 3 is 2.22 bits per heavy atom. The highest BCUT2D eigenvalue weighted by Gasteiger charge is 2.20. The third kappa shape index (κ3) is 9.81. The van der Waals surface area contributed by atoms with E-state index in [1.54, 1.807) is 6.92 Å². The number of hydrogen-bond acceptors (Lipinski definition) is 7. The summed E-state index contributed by atoms with van der Waals surface area (Å²) < 4.78 is 16.0. The van der Waals surface area contributed by atoms with E-state index in [2.05, 4.69) is 5.43 Å². The van der Waals surface area contributed by atoms with Crippen LogP contribution in [-0.4, -0.2) is 25.3 Å². The van der Waals surface area contributed by atoms with Gasteiger partial charge in [0.15, 0.2) is 5.70 Å². The molecule has 5 N–H and O–H groups in total. The molecule has 2 aliphatic carbocycles. The molecular weight excluding hydrogens is 406 g/mol. The van der Waals surface area contributed by atoms with Crippen molar-refractivity contribution in [2.75, 3.05) is 13.2 Å². The Morgan fingerprint density at radius 1 is 1.00 bits per heavy atom. The van der Waals surface area contributed by atoms with Gasteiger partial charge in [-0.2, -0.15) is 0 Å². The first-order chi connectivity index (χ1) is 15.6. The smallest absolute Gasteiger partial charge is 0.361 e. The molecule has 0 saturated heterocycles. The molecule has 0 amide bonds. The average Bonchev–Trinajstić information content (AvgIpc) is 2.82. The number of hydrogen-bond donors (Lipinski definition) is 3. The van der Waals surface area contributed by atoms with Crippen LogP contribution in [0, 0.1) is 5.92 Å². The van der Waals surface area contributed by atoms with E-state index in [-0.39, 0.29) is 24.3 Å². The van der Waals surface area contributed by atoms with Gasteiger partial charge in [-0.3, -0.25) is 5.84 Å². The monoisotopic (exact) mass is 447 g/mol. The fourth-order valence-corrected chi connectivity index (χ4v) is 4.19. The van der Waals surface area contributed by atoms with Gasteiger partial charge in [0.1, 0.15) is 11.9 Å². The number of carbonyl (C=O) groups excluding carboxylic acids is 1. The number of carbonyl (C=O) groups is 1. The van der Waals surface area contributed by atoms with E-state index >= 15 is 0 Å². The van der Waals surface area contributed by atoms with E-state index in [0.29, 0.717) is 0 Å². The van der Waals surface area contributed by atoms with E-state index in [1.807, 2.05) is 30.3 Å². The second-order valence-electron chi connectivity index (χ2n) is 8.44. The third-order valence-corrected chi connectivity index (χ3v) is 5.98. The van der Waals surface area contributed by atoms with Gasteiger partial charge in [-0.05, 0) is 57.1 Å². The SMILES string of the molecule is CCOC(=O)/C(NN)=C(/N)OC1CCCCC1.c1ccc(OCCC2CCCCC2)cc1. The maximum Gasteiger partial charge on any atom is 0.361 e. The lowest BCUT2D eigenvalue weighted by atomic mass is 9.87. The zero-order valence-electron chi connectivity index (χ0n) is 19.5. The molecule has 7 nitrogen and oxygen atoms in total. The van der Waals surface area contributed by atoms with Gasteiger partial charge in [0.2, 0.25) is 5.88 Å². The van der Waals surface area contributed by atoms with Gasteiger partial charge in [-0.15, -0.1) is 0 Å². The minimum Gasteiger partial charge on any atom is -0.494 e. The van der Waals surface area contributed by atoms with Crippen molar-refractivity contribution >= 4 is 5.97 Å². The third-order valence-electron chi connectivity index (χ3n) is 5.98. The molecule has 1 aromatic carbocycles. The Balaban J connectivity index is 0.000000228.